The smallest absolute Gasteiger partial charge is 0.169 e. The van der Waals surface area contributed by atoms with E-state index in [-0.39, 0.29) is 0 Å². The summed E-state index contributed by atoms with van der Waals surface area (Å²) in [5.41, 5.74) is 1.26. The minimum absolute atomic E-state index is 0.618. The van der Waals surface area contributed by atoms with Crippen LogP contribution in [-0.2, 0) is 6.54 Å². The van der Waals surface area contributed by atoms with Crippen molar-refractivity contribution in [3.05, 3.63) is 30.1 Å². The molecule has 2 aliphatic carbocycles. The second-order valence-corrected chi connectivity index (χ2v) is 6.49. The number of hydrogen-bond acceptors (Lipinski definition) is 2. The molecule has 2 aliphatic rings. The third-order valence-electron chi connectivity index (χ3n) is 4.84. The summed E-state index contributed by atoms with van der Waals surface area (Å²) in [7, 11) is 0. The first kappa shape index (κ1) is 13.8. The van der Waals surface area contributed by atoms with E-state index < -0.39 is 0 Å². The molecule has 0 unspecified atom stereocenters. The second-order valence-electron chi connectivity index (χ2n) is 6.10. The first-order valence-electron chi connectivity index (χ1n) is 7.70. The summed E-state index contributed by atoms with van der Waals surface area (Å²) in [6, 6.07) is 4.73. The van der Waals surface area contributed by atoms with Gasteiger partial charge in [0.15, 0.2) is 5.11 Å². The van der Waals surface area contributed by atoms with Crippen LogP contribution in [0.4, 0.5) is 0 Å². The van der Waals surface area contributed by atoms with Gasteiger partial charge >= 0.3 is 0 Å². The number of pyridine rings is 1. The van der Waals surface area contributed by atoms with Gasteiger partial charge in [0.25, 0.3) is 0 Å². The van der Waals surface area contributed by atoms with Crippen LogP contribution >= 0.6 is 12.2 Å². The van der Waals surface area contributed by atoms with Crippen LogP contribution in [0.3, 0.4) is 0 Å². The summed E-state index contributed by atoms with van der Waals surface area (Å²) in [5, 5.41) is 4.54. The van der Waals surface area contributed by atoms with Crippen molar-refractivity contribution in [2.45, 2.75) is 45.2 Å². The molecule has 4 heteroatoms. The lowest BCUT2D eigenvalue weighted by Gasteiger charge is -2.30. The van der Waals surface area contributed by atoms with Crippen molar-refractivity contribution in [1.29, 1.82) is 0 Å². The lowest BCUT2D eigenvalue weighted by molar-refractivity contribution is 0.361. The maximum Gasteiger partial charge on any atom is 0.169 e. The van der Waals surface area contributed by atoms with Crippen LogP contribution < -0.4 is 5.32 Å². The van der Waals surface area contributed by atoms with E-state index in [0.29, 0.717) is 6.04 Å². The maximum absolute atomic E-state index is 5.63. The quantitative estimate of drug-likeness (QED) is 0.863. The highest BCUT2D eigenvalue weighted by Crippen LogP contribution is 2.44. The lowest BCUT2D eigenvalue weighted by atomic mass is 9.95. The van der Waals surface area contributed by atoms with Gasteiger partial charge in [-0.05, 0) is 67.9 Å². The van der Waals surface area contributed by atoms with Crippen molar-refractivity contribution in [1.82, 2.24) is 15.2 Å². The predicted octanol–water partition coefficient (Wildman–Crippen LogP) is 2.97. The van der Waals surface area contributed by atoms with Crippen LogP contribution in [0.2, 0.25) is 0 Å². The SMILES string of the molecule is CCN(Cc1ccncc1)C(=S)N[C@H]1C[C@H]2CC[C@@H]1C2. The molecule has 108 valence electrons. The van der Waals surface area contributed by atoms with Crippen LogP contribution in [0, 0.1) is 11.8 Å². The molecule has 1 N–H and O–H groups in total. The minimum Gasteiger partial charge on any atom is -0.360 e. The molecule has 20 heavy (non-hydrogen) atoms. The van der Waals surface area contributed by atoms with Crippen molar-refractivity contribution < 1.29 is 0 Å². The molecular weight excluding hydrogens is 266 g/mol. The summed E-state index contributed by atoms with van der Waals surface area (Å²) in [4.78, 5) is 6.31. The van der Waals surface area contributed by atoms with Crippen molar-refractivity contribution in [2.24, 2.45) is 11.8 Å². The normalized spacial score (nSPS) is 27.6. The molecule has 3 nitrogen and oxygen atoms in total. The largest absolute Gasteiger partial charge is 0.360 e. The van der Waals surface area contributed by atoms with Gasteiger partial charge < -0.3 is 10.2 Å². The first-order chi connectivity index (χ1) is 9.76. The fourth-order valence-electron chi connectivity index (χ4n) is 3.71. The average Bonchev–Trinajstić information content (AvgIpc) is 3.08. The summed E-state index contributed by atoms with van der Waals surface area (Å²) >= 11 is 5.63. The average molecular weight is 289 g/mol. The molecule has 0 amide bonds. The Hall–Kier alpha value is -1.16. The Bertz CT molecular complexity index is 462. The highest BCUT2D eigenvalue weighted by molar-refractivity contribution is 7.80. The summed E-state index contributed by atoms with van der Waals surface area (Å²) in [6.07, 6.45) is 9.24. The molecule has 2 bridgehead atoms. The van der Waals surface area contributed by atoms with E-state index in [1.165, 1.54) is 31.2 Å². The van der Waals surface area contributed by atoms with E-state index in [1.54, 1.807) is 0 Å². The van der Waals surface area contributed by atoms with Crippen molar-refractivity contribution in [3.8, 4) is 0 Å². The maximum atomic E-state index is 5.63. The highest BCUT2D eigenvalue weighted by Gasteiger charge is 2.39. The highest BCUT2D eigenvalue weighted by atomic mass is 32.1. The number of thiocarbonyl (C=S) groups is 1. The zero-order chi connectivity index (χ0) is 13.9. The zero-order valence-corrected chi connectivity index (χ0v) is 12.9. The van der Waals surface area contributed by atoms with Crippen molar-refractivity contribution >= 4 is 17.3 Å². The van der Waals surface area contributed by atoms with Gasteiger partial charge in [-0.1, -0.05) is 6.42 Å². The standard InChI is InChI=1S/C16H23N3S/c1-2-19(11-12-5-7-17-8-6-12)16(20)18-15-10-13-3-4-14(15)9-13/h5-8,13-15H,2-4,9-11H2,1H3,(H,18,20)/t13-,14+,15-/m0/s1. The molecule has 2 fully saturated rings. The van der Waals surface area contributed by atoms with Gasteiger partial charge in [-0.3, -0.25) is 4.98 Å². The van der Waals surface area contributed by atoms with Crippen molar-refractivity contribution in [3.63, 3.8) is 0 Å². The van der Waals surface area contributed by atoms with E-state index in [2.05, 4.69) is 34.3 Å². The van der Waals surface area contributed by atoms with Gasteiger partial charge in [0.05, 0.1) is 0 Å². The van der Waals surface area contributed by atoms with Gasteiger partial charge in [0.2, 0.25) is 0 Å². The fourth-order valence-corrected chi connectivity index (χ4v) is 4.05. The van der Waals surface area contributed by atoms with E-state index in [4.69, 9.17) is 12.2 Å². The zero-order valence-electron chi connectivity index (χ0n) is 12.1. The number of nitrogens with one attached hydrogen (secondary N) is 1. The minimum atomic E-state index is 0.618. The number of aromatic nitrogens is 1. The van der Waals surface area contributed by atoms with Gasteiger partial charge in [-0.25, -0.2) is 0 Å². The summed E-state index contributed by atoms with van der Waals surface area (Å²) in [6.45, 7) is 3.97. The molecule has 0 aromatic carbocycles. The van der Waals surface area contributed by atoms with Gasteiger partial charge in [0, 0.05) is 31.5 Å². The molecule has 1 aromatic rings. The Morgan fingerprint density at radius 1 is 1.35 bits per heavy atom. The van der Waals surface area contributed by atoms with E-state index in [0.717, 1.165) is 30.0 Å². The molecule has 0 aliphatic heterocycles. The number of hydrogen-bond donors (Lipinski definition) is 1. The molecule has 2 saturated carbocycles. The number of rotatable bonds is 4. The Morgan fingerprint density at radius 3 is 2.75 bits per heavy atom. The van der Waals surface area contributed by atoms with Gasteiger partial charge in [-0.15, -0.1) is 0 Å². The molecule has 0 spiro atoms. The molecular formula is C16H23N3S. The van der Waals surface area contributed by atoms with E-state index >= 15 is 0 Å². The first-order valence-corrected chi connectivity index (χ1v) is 8.11. The fraction of sp³-hybridized carbons (Fsp3) is 0.625. The lowest BCUT2D eigenvalue weighted by Crippen LogP contribution is -2.46. The Labute approximate surface area is 126 Å². The Balaban J connectivity index is 1.57. The third kappa shape index (κ3) is 2.95. The topological polar surface area (TPSA) is 28.2 Å². The molecule has 3 atom stereocenters. The van der Waals surface area contributed by atoms with E-state index in [1.807, 2.05) is 12.4 Å². The molecule has 1 heterocycles. The molecule has 0 radical (unpaired) electrons. The van der Waals surface area contributed by atoms with Crippen LogP contribution in [0.25, 0.3) is 0 Å². The predicted molar refractivity (Wildman–Crippen MR) is 85.3 cm³/mol. The van der Waals surface area contributed by atoms with Gasteiger partial charge in [-0.2, -0.15) is 0 Å². The van der Waals surface area contributed by atoms with Crippen LogP contribution in [0.15, 0.2) is 24.5 Å². The molecule has 0 saturated heterocycles. The summed E-state index contributed by atoms with van der Waals surface area (Å²) < 4.78 is 0. The van der Waals surface area contributed by atoms with Gasteiger partial charge in [0.1, 0.15) is 0 Å². The van der Waals surface area contributed by atoms with E-state index in [9.17, 15) is 0 Å². The van der Waals surface area contributed by atoms with Crippen molar-refractivity contribution in [2.75, 3.05) is 6.54 Å². The Morgan fingerprint density at radius 2 is 2.15 bits per heavy atom. The monoisotopic (exact) mass is 289 g/mol. The second kappa shape index (κ2) is 6.08. The van der Waals surface area contributed by atoms with Crippen LogP contribution in [0.5, 0.6) is 0 Å². The number of nitrogens with zero attached hydrogens (tertiary/aromatic N) is 2. The number of fused-ring (bicyclic) bond motifs is 2. The molecule has 3 rings (SSSR count). The van der Waals surface area contributed by atoms with Crippen LogP contribution in [0.1, 0.15) is 38.2 Å². The Kier molecular flexibility index (Phi) is 4.20. The summed E-state index contributed by atoms with van der Waals surface area (Å²) in [5.74, 6) is 1.81. The third-order valence-corrected chi connectivity index (χ3v) is 5.21. The molecule has 1 aromatic heterocycles. The van der Waals surface area contributed by atoms with Crippen LogP contribution in [-0.4, -0.2) is 27.6 Å².